The van der Waals surface area contributed by atoms with Gasteiger partial charge in [-0.25, -0.2) is 0 Å². The van der Waals surface area contributed by atoms with Crippen molar-refractivity contribution in [2.75, 3.05) is 20.3 Å². The van der Waals surface area contributed by atoms with Crippen molar-refractivity contribution in [1.29, 1.82) is 5.26 Å². The molecule has 4 nitrogen and oxygen atoms in total. The van der Waals surface area contributed by atoms with Crippen molar-refractivity contribution in [2.45, 2.75) is 6.42 Å². The number of thiophene rings is 1. The number of nitriles is 1. The van der Waals surface area contributed by atoms with Crippen molar-refractivity contribution < 1.29 is 9.53 Å². The zero-order valence-electron chi connectivity index (χ0n) is 13.2. The predicted octanol–water partition coefficient (Wildman–Crippen LogP) is 4.13. The second-order valence-corrected chi connectivity index (χ2v) is 6.48. The predicted molar refractivity (Wildman–Crippen MR) is 97.9 cm³/mol. The maximum Gasteiger partial charge on any atom is 0.261 e. The molecule has 124 valence electrons. The summed E-state index contributed by atoms with van der Waals surface area (Å²) in [6, 6.07) is 13.3. The summed E-state index contributed by atoms with van der Waals surface area (Å²) in [6.07, 6.45) is 2.30. The molecule has 0 atom stereocenters. The van der Waals surface area contributed by atoms with Crippen LogP contribution in [0.1, 0.15) is 11.3 Å². The lowest BCUT2D eigenvalue weighted by Crippen LogP contribution is -2.26. The number of hydrogen-bond acceptors (Lipinski definition) is 4. The molecule has 0 saturated carbocycles. The first-order chi connectivity index (χ1) is 11.7. The lowest BCUT2D eigenvalue weighted by molar-refractivity contribution is -0.117. The Kier molecular flexibility index (Phi) is 7.01. The van der Waals surface area contributed by atoms with Crippen LogP contribution in [-0.4, -0.2) is 26.2 Å². The molecule has 1 N–H and O–H groups in total. The topological polar surface area (TPSA) is 62.1 Å². The van der Waals surface area contributed by atoms with Crippen molar-refractivity contribution in [2.24, 2.45) is 0 Å². The Hall–Kier alpha value is -2.13. The third-order valence-corrected chi connectivity index (χ3v) is 4.62. The second-order valence-electron chi connectivity index (χ2n) is 4.95. The number of halogens is 1. The van der Waals surface area contributed by atoms with E-state index < -0.39 is 0 Å². The summed E-state index contributed by atoms with van der Waals surface area (Å²) in [4.78, 5) is 13.8. The number of nitrogens with one attached hydrogen (secondary N) is 1. The highest BCUT2D eigenvalue weighted by Crippen LogP contribution is 2.33. The molecular formula is C18H17ClN2O2S. The lowest BCUT2D eigenvalue weighted by Gasteiger charge is -2.03. The Morgan fingerprint density at radius 3 is 2.88 bits per heavy atom. The molecule has 1 aromatic carbocycles. The quantitative estimate of drug-likeness (QED) is 0.458. The second kappa shape index (κ2) is 9.24. The van der Waals surface area contributed by atoms with Crippen LogP contribution in [-0.2, 0) is 9.53 Å². The van der Waals surface area contributed by atoms with Gasteiger partial charge in [0.15, 0.2) is 0 Å². The smallest absolute Gasteiger partial charge is 0.261 e. The van der Waals surface area contributed by atoms with Crippen LogP contribution >= 0.6 is 22.9 Å². The minimum Gasteiger partial charge on any atom is -0.385 e. The number of carbonyl (C=O) groups excluding carboxylic acids is 1. The van der Waals surface area contributed by atoms with Gasteiger partial charge in [0.2, 0.25) is 0 Å². The maximum atomic E-state index is 12.0. The van der Waals surface area contributed by atoms with E-state index in [4.69, 9.17) is 16.3 Å². The molecule has 0 aliphatic carbocycles. The van der Waals surface area contributed by atoms with Gasteiger partial charge in [0.05, 0.1) is 0 Å². The molecule has 1 heterocycles. The van der Waals surface area contributed by atoms with Gasteiger partial charge in [-0.2, -0.15) is 5.26 Å². The van der Waals surface area contributed by atoms with E-state index in [9.17, 15) is 10.1 Å². The van der Waals surface area contributed by atoms with Crippen LogP contribution in [0, 0.1) is 11.3 Å². The summed E-state index contributed by atoms with van der Waals surface area (Å²) in [5.41, 5.74) is 1.02. The minimum atomic E-state index is -0.374. The summed E-state index contributed by atoms with van der Waals surface area (Å²) < 4.78 is 4.92. The molecule has 0 radical (unpaired) electrons. The number of nitrogens with zero attached hydrogens (tertiary/aromatic N) is 1. The Bertz CT molecular complexity index is 777. The van der Waals surface area contributed by atoms with Crippen molar-refractivity contribution in [1.82, 2.24) is 5.32 Å². The van der Waals surface area contributed by atoms with E-state index in [-0.39, 0.29) is 11.5 Å². The van der Waals surface area contributed by atoms with Crippen LogP contribution in [0.3, 0.4) is 0 Å². The first kappa shape index (κ1) is 18.2. The van der Waals surface area contributed by atoms with Gasteiger partial charge in [0.25, 0.3) is 5.91 Å². The number of rotatable bonds is 7. The SMILES string of the molecule is COCCCNC(=O)/C(C#N)=C/c1ccc(-c2ccccc2Cl)s1. The normalized spacial score (nSPS) is 11.1. The molecule has 0 aliphatic heterocycles. The zero-order valence-corrected chi connectivity index (χ0v) is 14.8. The van der Waals surface area contributed by atoms with Gasteiger partial charge in [-0.15, -0.1) is 11.3 Å². The number of benzene rings is 1. The highest BCUT2D eigenvalue weighted by Gasteiger charge is 2.10. The fraction of sp³-hybridized carbons (Fsp3) is 0.222. The Morgan fingerprint density at radius 2 is 2.17 bits per heavy atom. The number of amides is 1. The molecule has 0 spiro atoms. The molecule has 2 rings (SSSR count). The van der Waals surface area contributed by atoms with Gasteiger partial charge in [-0.05, 0) is 30.7 Å². The van der Waals surface area contributed by atoms with Crippen LogP contribution in [0.4, 0.5) is 0 Å². The minimum absolute atomic E-state index is 0.0833. The van der Waals surface area contributed by atoms with E-state index in [1.165, 1.54) is 11.3 Å². The lowest BCUT2D eigenvalue weighted by atomic mass is 10.2. The van der Waals surface area contributed by atoms with Crippen LogP contribution < -0.4 is 5.32 Å². The van der Waals surface area contributed by atoms with E-state index >= 15 is 0 Å². The molecule has 2 aromatic rings. The first-order valence-corrected chi connectivity index (χ1v) is 8.59. The first-order valence-electron chi connectivity index (χ1n) is 7.39. The molecule has 24 heavy (non-hydrogen) atoms. The number of carbonyl (C=O) groups is 1. The van der Waals surface area contributed by atoms with Crippen molar-refractivity contribution in [3.63, 3.8) is 0 Å². The standard InChI is InChI=1S/C18H17ClN2O2S/c1-23-10-4-9-21-18(22)13(12-20)11-14-7-8-17(24-14)15-5-2-3-6-16(15)19/h2-3,5-8,11H,4,9-10H2,1H3,(H,21,22)/b13-11+. The van der Waals surface area contributed by atoms with Gasteiger partial charge < -0.3 is 10.1 Å². The molecule has 0 bridgehead atoms. The van der Waals surface area contributed by atoms with Gasteiger partial charge in [0.1, 0.15) is 11.6 Å². The van der Waals surface area contributed by atoms with Gasteiger partial charge >= 0.3 is 0 Å². The molecule has 0 aliphatic rings. The molecule has 0 unspecified atom stereocenters. The average molecular weight is 361 g/mol. The average Bonchev–Trinajstić information content (AvgIpc) is 3.05. The Balaban J connectivity index is 2.11. The highest BCUT2D eigenvalue weighted by atomic mass is 35.5. The number of ether oxygens (including phenoxy) is 1. The third kappa shape index (κ3) is 4.93. The zero-order chi connectivity index (χ0) is 17.4. The molecular weight excluding hydrogens is 344 g/mol. The Morgan fingerprint density at radius 1 is 1.38 bits per heavy atom. The van der Waals surface area contributed by atoms with Crippen molar-refractivity contribution >= 4 is 34.9 Å². The van der Waals surface area contributed by atoms with Crippen LogP contribution in [0.5, 0.6) is 0 Å². The Labute approximate surface area is 150 Å². The monoisotopic (exact) mass is 360 g/mol. The molecule has 0 fully saturated rings. The van der Waals surface area contributed by atoms with Crippen molar-refractivity contribution in [3.05, 3.63) is 51.9 Å². The number of methoxy groups -OCH3 is 1. The third-order valence-electron chi connectivity index (χ3n) is 3.23. The number of hydrogen-bond donors (Lipinski definition) is 1. The summed E-state index contributed by atoms with van der Waals surface area (Å²) in [7, 11) is 1.61. The summed E-state index contributed by atoms with van der Waals surface area (Å²) >= 11 is 7.68. The van der Waals surface area contributed by atoms with E-state index in [2.05, 4.69) is 5.32 Å². The van der Waals surface area contributed by atoms with Gasteiger partial charge in [0, 0.05) is 40.6 Å². The summed E-state index contributed by atoms with van der Waals surface area (Å²) in [5.74, 6) is -0.374. The van der Waals surface area contributed by atoms with E-state index in [1.807, 2.05) is 42.5 Å². The van der Waals surface area contributed by atoms with Gasteiger partial charge in [-0.1, -0.05) is 29.8 Å². The maximum absolute atomic E-state index is 12.0. The van der Waals surface area contributed by atoms with E-state index in [0.29, 0.717) is 24.6 Å². The molecule has 1 aromatic heterocycles. The fourth-order valence-electron chi connectivity index (χ4n) is 2.04. The van der Waals surface area contributed by atoms with Gasteiger partial charge in [-0.3, -0.25) is 4.79 Å². The largest absolute Gasteiger partial charge is 0.385 e. The van der Waals surface area contributed by atoms with Crippen LogP contribution in [0.2, 0.25) is 5.02 Å². The van der Waals surface area contributed by atoms with Crippen LogP contribution in [0.15, 0.2) is 42.0 Å². The van der Waals surface area contributed by atoms with Crippen molar-refractivity contribution in [3.8, 4) is 16.5 Å². The van der Waals surface area contributed by atoms with Crippen LogP contribution in [0.25, 0.3) is 16.5 Å². The van der Waals surface area contributed by atoms with E-state index in [1.54, 1.807) is 13.2 Å². The van der Waals surface area contributed by atoms with E-state index in [0.717, 1.165) is 15.3 Å². The molecule has 0 saturated heterocycles. The summed E-state index contributed by atoms with van der Waals surface area (Å²) in [6.45, 7) is 1.04. The highest BCUT2D eigenvalue weighted by molar-refractivity contribution is 7.16. The molecule has 6 heteroatoms. The molecule has 1 amide bonds. The fourth-order valence-corrected chi connectivity index (χ4v) is 3.33. The summed E-state index contributed by atoms with van der Waals surface area (Å²) in [5, 5.41) is 12.6.